The van der Waals surface area contributed by atoms with Crippen LogP contribution in [0.25, 0.3) is 5.57 Å². The number of nitrogens with zero attached hydrogens (tertiary/aromatic N) is 1. The molecule has 0 spiro atoms. The molecular weight excluding hydrogens is 466 g/mol. The largest absolute Gasteiger partial charge is 0.372 e. The highest BCUT2D eigenvalue weighted by atomic mass is 16.2. The van der Waals surface area contributed by atoms with Gasteiger partial charge in [-0.25, -0.2) is 0 Å². The molecule has 0 heterocycles. The van der Waals surface area contributed by atoms with Crippen molar-refractivity contribution in [3.05, 3.63) is 94.1 Å². The number of unbranched alkanes of at least 4 members (excludes halogenated alkanes) is 2. The lowest BCUT2D eigenvalue weighted by atomic mass is 9.62. The van der Waals surface area contributed by atoms with Crippen LogP contribution in [-0.4, -0.2) is 24.7 Å². The predicted molar refractivity (Wildman–Crippen MR) is 158 cm³/mol. The first-order valence-electron chi connectivity index (χ1n) is 14.5. The quantitative estimate of drug-likeness (QED) is 0.265. The van der Waals surface area contributed by atoms with Gasteiger partial charge in [-0.05, 0) is 77.9 Å². The number of carbonyl (C=O) groups excluding carboxylic acids is 2. The number of fused-ring (bicyclic) bond motifs is 2. The van der Waals surface area contributed by atoms with E-state index in [4.69, 9.17) is 0 Å². The number of Topliss-reactive ketones (excluding diaryl/α,β-unsaturated/α-hetero) is 2. The van der Waals surface area contributed by atoms with E-state index in [-0.39, 0.29) is 17.0 Å². The molecule has 0 saturated heterocycles. The Hall–Kier alpha value is -3.20. The van der Waals surface area contributed by atoms with Crippen LogP contribution < -0.4 is 4.90 Å². The maximum Gasteiger partial charge on any atom is 0.197 e. The summed E-state index contributed by atoms with van der Waals surface area (Å²) in [5.74, 6) is 0.207. The van der Waals surface area contributed by atoms with E-state index in [1.807, 2.05) is 12.1 Å². The molecule has 3 nitrogen and oxygen atoms in total. The van der Waals surface area contributed by atoms with Crippen LogP contribution in [0.15, 0.2) is 77.4 Å². The Morgan fingerprint density at radius 2 is 1.45 bits per heavy atom. The summed E-state index contributed by atoms with van der Waals surface area (Å²) in [6, 6.07) is 16.4. The van der Waals surface area contributed by atoms with Crippen LogP contribution in [0, 0.1) is 11.3 Å². The van der Waals surface area contributed by atoms with Crippen LogP contribution in [0.3, 0.4) is 0 Å². The molecule has 3 aliphatic carbocycles. The van der Waals surface area contributed by atoms with E-state index in [1.165, 1.54) is 48.1 Å². The first-order valence-corrected chi connectivity index (χ1v) is 14.5. The third-order valence-electron chi connectivity index (χ3n) is 8.73. The lowest BCUT2D eigenvalue weighted by Crippen LogP contribution is -2.31. The zero-order chi connectivity index (χ0) is 26.9. The second-order valence-electron chi connectivity index (χ2n) is 11.9. The molecule has 0 N–H and O–H groups in total. The van der Waals surface area contributed by atoms with Crippen molar-refractivity contribution in [2.75, 3.05) is 18.0 Å². The molecular formula is C35H41NO2. The summed E-state index contributed by atoms with van der Waals surface area (Å²) in [7, 11) is 0. The lowest BCUT2D eigenvalue weighted by molar-refractivity contribution is 0.0985. The maximum atomic E-state index is 13.3. The Kier molecular flexibility index (Phi) is 7.56. The normalized spacial score (nSPS) is 20.2. The number of ketones is 2. The van der Waals surface area contributed by atoms with Crippen molar-refractivity contribution in [1.29, 1.82) is 0 Å². The molecule has 0 saturated carbocycles. The molecule has 3 aliphatic rings. The summed E-state index contributed by atoms with van der Waals surface area (Å²) in [6.07, 6.45) is 12.3. The van der Waals surface area contributed by atoms with E-state index < -0.39 is 0 Å². The Morgan fingerprint density at radius 1 is 0.842 bits per heavy atom. The van der Waals surface area contributed by atoms with Gasteiger partial charge in [-0.3, -0.25) is 9.59 Å². The number of hydrogen-bond donors (Lipinski definition) is 0. The number of benzene rings is 2. The zero-order valence-corrected chi connectivity index (χ0v) is 23.5. The molecule has 198 valence electrons. The molecule has 38 heavy (non-hydrogen) atoms. The molecule has 0 radical (unpaired) electrons. The van der Waals surface area contributed by atoms with Crippen molar-refractivity contribution in [1.82, 2.24) is 0 Å². The molecule has 0 aromatic heterocycles. The van der Waals surface area contributed by atoms with E-state index in [9.17, 15) is 9.59 Å². The fourth-order valence-electron chi connectivity index (χ4n) is 6.58. The lowest BCUT2D eigenvalue weighted by Gasteiger charge is -2.42. The molecule has 0 bridgehead atoms. The van der Waals surface area contributed by atoms with Crippen molar-refractivity contribution in [3.8, 4) is 0 Å². The number of hydrogen-bond acceptors (Lipinski definition) is 3. The van der Waals surface area contributed by atoms with Gasteiger partial charge in [-0.2, -0.15) is 0 Å². The highest BCUT2D eigenvalue weighted by Gasteiger charge is 2.41. The van der Waals surface area contributed by atoms with Crippen LogP contribution >= 0.6 is 0 Å². The van der Waals surface area contributed by atoms with E-state index >= 15 is 0 Å². The molecule has 2 aromatic carbocycles. The van der Waals surface area contributed by atoms with Crippen LogP contribution in [0.5, 0.6) is 0 Å². The molecule has 0 fully saturated rings. The summed E-state index contributed by atoms with van der Waals surface area (Å²) in [6.45, 7) is 11.3. The van der Waals surface area contributed by atoms with Crippen LogP contribution in [0.2, 0.25) is 0 Å². The Labute approximate surface area is 228 Å². The summed E-state index contributed by atoms with van der Waals surface area (Å²) >= 11 is 0. The second kappa shape index (κ2) is 10.9. The van der Waals surface area contributed by atoms with Gasteiger partial charge >= 0.3 is 0 Å². The van der Waals surface area contributed by atoms with Crippen molar-refractivity contribution in [2.45, 2.75) is 72.6 Å². The van der Waals surface area contributed by atoms with Gasteiger partial charge in [-0.1, -0.05) is 89.1 Å². The number of carbonyl (C=O) groups is 2. The van der Waals surface area contributed by atoms with Gasteiger partial charge in [0.25, 0.3) is 0 Å². The van der Waals surface area contributed by atoms with Crippen molar-refractivity contribution >= 4 is 22.8 Å². The van der Waals surface area contributed by atoms with E-state index in [0.717, 1.165) is 37.9 Å². The Morgan fingerprint density at radius 3 is 2.03 bits per heavy atom. The summed E-state index contributed by atoms with van der Waals surface area (Å²) < 4.78 is 0. The monoisotopic (exact) mass is 507 g/mol. The minimum Gasteiger partial charge on any atom is -0.372 e. The van der Waals surface area contributed by atoms with Gasteiger partial charge in [0, 0.05) is 29.9 Å². The summed E-state index contributed by atoms with van der Waals surface area (Å²) in [5, 5.41) is 0. The van der Waals surface area contributed by atoms with Gasteiger partial charge in [0.15, 0.2) is 11.6 Å². The maximum absolute atomic E-state index is 13.3. The average Bonchev–Trinajstić information content (AvgIpc) is 3.18. The van der Waals surface area contributed by atoms with Crippen molar-refractivity contribution in [3.63, 3.8) is 0 Å². The van der Waals surface area contributed by atoms with Gasteiger partial charge in [0.1, 0.15) is 0 Å². The van der Waals surface area contributed by atoms with Gasteiger partial charge in [0.05, 0.1) is 5.57 Å². The SMILES string of the molecule is CCCCN(CCCC)c1ccc(C2=CC3=CC(=C4C(=O)c5ccccc5C4=O)CC(C)(C)C3CC2)cc1. The number of anilines is 1. The number of rotatable bonds is 8. The highest BCUT2D eigenvalue weighted by Crippen LogP contribution is 2.51. The van der Waals surface area contributed by atoms with Gasteiger partial charge in [0.2, 0.25) is 0 Å². The Balaban J connectivity index is 1.46. The molecule has 1 atom stereocenters. The summed E-state index contributed by atoms with van der Waals surface area (Å²) in [5.41, 5.74) is 7.57. The standard InChI is InChI=1S/C35H41NO2/c1-5-7-19-36(20-8-6-2)28-16-13-24(14-17-28)25-15-18-31-26(21-25)22-27(23-35(31,3)4)32-33(37)29-11-9-10-12-30(29)34(32)38/h9-14,16-17,21-22,31H,5-8,15,18-20,23H2,1-4H3. The van der Waals surface area contributed by atoms with E-state index in [2.05, 4.69) is 69.0 Å². The molecule has 0 amide bonds. The van der Waals surface area contributed by atoms with Gasteiger partial charge < -0.3 is 4.90 Å². The van der Waals surface area contributed by atoms with Crippen molar-refractivity contribution < 1.29 is 9.59 Å². The first kappa shape index (κ1) is 26.4. The smallest absolute Gasteiger partial charge is 0.197 e. The second-order valence-corrected chi connectivity index (χ2v) is 11.9. The van der Waals surface area contributed by atoms with Crippen molar-refractivity contribution in [2.24, 2.45) is 11.3 Å². The molecule has 5 rings (SSSR count). The minimum atomic E-state index is -0.113. The minimum absolute atomic E-state index is 0.00725. The fourth-order valence-corrected chi connectivity index (χ4v) is 6.58. The topological polar surface area (TPSA) is 37.4 Å². The molecule has 3 heteroatoms. The zero-order valence-electron chi connectivity index (χ0n) is 23.5. The first-order chi connectivity index (χ1) is 18.3. The Bertz CT molecular complexity index is 1280. The fraction of sp³-hybridized carbons (Fsp3) is 0.429. The summed E-state index contributed by atoms with van der Waals surface area (Å²) in [4.78, 5) is 29.0. The molecule has 0 aliphatic heterocycles. The molecule has 1 unspecified atom stereocenters. The third-order valence-corrected chi connectivity index (χ3v) is 8.73. The predicted octanol–water partition coefficient (Wildman–Crippen LogP) is 8.62. The van der Waals surface area contributed by atoms with E-state index in [1.54, 1.807) is 12.1 Å². The number of allylic oxidation sites excluding steroid dienone is 6. The average molecular weight is 508 g/mol. The molecule has 2 aromatic rings. The van der Waals surface area contributed by atoms with Gasteiger partial charge in [-0.15, -0.1) is 0 Å². The van der Waals surface area contributed by atoms with Crippen LogP contribution in [0.1, 0.15) is 98.9 Å². The third kappa shape index (κ3) is 4.96. The highest BCUT2D eigenvalue weighted by molar-refractivity contribution is 6.40. The van der Waals surface area contributed by atoms with E-state index in [0.29, 0.717) is 22.6 Å². The van der Waals surface area contributed by atoms with Crippen LogP contribution in [0.4, 0.5) is 5.69 Å². The van der Waals surface area contributed by atoms with Crippen LogP contribution in [-0.2, 0) is 0 Å².